The van der Waals surface area contributed by atoms with Crippen molar-refractivity contribution in [3.8, 4) is 0 Å². The van der Waals surface area contributed by atoms with Crippen molar-refractivity contribution in [3.05, 3.63) is 29.3 Å². The third-order valence-electron chi connectivity index (χ3n) is 2.42. The van der Waals surface area contributed by atoms with Crippen molar-refractivity contribution in [3.63, 3.8) is 0 Å². The van der Waals surface area contributed by atoms with Gasteiger partial charge in [0.25, 0.3) is 0 Å². The molecule has 15 heavy (non-hydrogen) atoms. The van der Waals surface area contributed by atoms with Gasteiger partial charge in [-0.15, -0.1) is 0 Å². The summed E-state index contributed by atoms with van der Waals surface area (Å²) in [7, 11) is 0. The Morgan fingerprint density at radius 1 is 1.40 bits per heavy atom. The Bertz CT molecular complexity index is 310. The van der Waals surface area contributed by atoms with E-state index < -0.39 is 0 Å². The van der Waals surface area contributed by atoms with Gasteiger partial charge in [-0.2, -0.15) is 0 Å². The minimum atomic E-state index is 0.219. The maximum atomic E-state index is 5.90. The molecule has 0 atom stereocenters. The van der Waals surface area contributed by atoms with E-state index in [1.165, 1.54) is 0 Å². The van der Waals surface area contributed by atoms with Crippen LogP contribution in [0.5, 0.6) is 0 Å². The zero-order chi connectivity index (χ0) is 11.3. The molecule has 1 rings (SSSR count). The van der Waals surface area contributed by atoms with Crippen LogP contribution in [-0.4, -0.2) is 13.1 Å². The molecule has 0 fully saturated rings. The summed E-state index contributed by atoms with van der Waals surface area (Å²) in [5, 5.41) is 4.13. The topological polar surface area (TPSA) is 38.0 Å². The molecular weight excluding hydrogens is 208 g/mol. The van der Waals surface area contributed by atoms with E-state index in [-0.39, 0.29) is 5.41 Å². The zero-order valence-electron chi connectivity index (χ0n) is 9.39. The van der Waals surface area contributed by atoms with E-state index in [0.29, 0.717) is 0 Å². The van der Waals surface area contributed by atoms with Gasteiger partial charge in [0.2, 0.25) is 0 Å². The van der Waals surface area contributed by atoms with Crippen molar-refractivity contribution in [2.75, 3.05) is 18.4 Å². The number of halogens is 1. The van der Waals surface area contributed by atoms with E-state index in [2.05, 4.69) is 19.2 Å². The fourth-order valence-corrected chi connectivity index (χ4v) is 1.61. The molecule has 0 radical (unpaired) electrons. The van der Waals surface area contributed by atoms with E-state index >= 15 is 0 Å². The van der Waals surface area contributed by atoms with Gasteiger partial charge in [-0.1, -0.05) is 31.5 Å². The molecule has 2 nitrogen and oxygen atoms in total. The maximum absolute atomic E-state index is 5.90. The van der Waals surface area contributed by atoms with Crippen LogP contribution in [0, 0.1) is 5.41 Å². The highest BCUT2D eigenvalue weighted by atomic mass is 35.5. The molecular formula is C12H19ClN2. The van der Waals surface area contributed by atoms with Crippen LogP contribution in [0.3, 0.4) is 0 Å². The SMILES string of the molecule is CC(C)(CCN)CNc1cccc(Cl)c1. The van der Waals surface area contributed by atoms with Crippen LogP contribution < -0.4 is 11.1 Å². The van der Waals surface area contributed by atoms with Gasteiger partial charge in [-0.05, 0) is 36.6 Å². The van der Waals surface area contributed by atoms with Crippen molar-refractivity contribution < 1.29 is 0 Å². The van der Waals surface area contributed by atoms with Crippen LogP contribution in [0.15, 0.2) is 24.3 Å². The molecule has 0 spiro atoms. The molecule has 0 saturated carbocycles. The van der Waals surface area contributed by atoms with Gasteiger partial charge in [0, 0.05) is 17.3 Å². The lowest BCUT2D eigenvalue weighted by Crippen LogP contribution is -2.26. The second-order valence-electron chi connectivity index (χ2n) is 4.57. The standard InChI is InChI=1S/C12H19ClN2/c1-12(2,6-7-14)9-15-11-5-3-4-10(13)8-11/h3-5,8,15H,6-7,9,14H2,1-2H3. The minimum Gasteiger partial charge on any atom is -0.384 e. The van der Waals surface area contributed by atoms with Gasteiger partial charge < -0.3 is 11.1 Å². The van der Waals surface area contributed by atoms with Crippen molar-refractivity contribution in [1.29, 1.82) is 0 Å². The number of hydrogen-bond donors (Lipinski definition) is 2. The fourth-order valence-electron chi connectivity index (χ4n) is 1.42. The largest absolute Gasteiger partial charge is 0.384 e. The third kappa shape index (κ3) is 4.54. The van der Waals surface area contributed by atoms with E-state index in [1.54, 1.807) is 0 Å². The lowest BCUT2D eigenvalue weighted by molar-refractivity contribution is 0.365. The van der Waals surface area contributed by atoms with Crippen molar-refractivity contribution in [2.45, 2.75) is 20.3 Å². The molecule has 0 heterocycles. The van der Waals surface area contributed by atoms with Gasteiger partial charge in [-0.25, -0.2) is 0 Å². The van der Waals surface area contributed by atoms with Crippen LogP contribution >= 0.6 is 11.6 Å². The number of rotatable bonds is 5. The number of nitrogens with one attached hydrogen (secondary N) is 1. The highest BCUT2D eigenvalue weighted by molar-refractivity contribution is 6.30. The molecule has 3 heteroatoms. The summed E-state index contributed by atoms with van der Waals surface area (Å²) in [4.78, 5) is 0. The van der Waals surface area contributed by atoms with Crippen molar-refractivity contribution in [2.24, 2.45) is 11.1 Å². The molecule has 0 amide bonds. The Hall–Kier alpha value is -0.730. The summed E-state index contributed by atoms with van der Waals surface area (Å²) in [5.41, 5.74) is 6.84. The molecule has 0 unspecified atom stereocenters. The van der Waals surface area contributed by atoms with Gasteiger partial charge >= 0.3 is 0 Å². The predicted octanol–water partition coefficient (Wildman–Crippen LogP) is 3.13. The number of anilines is 1. The molecule has 3 N–H and O–H groups in total. The molecule has 0 aromatic heterocycles. The molecule has 1 aromatic carbocycles. The average molecular weight is 227 g/mol. The Morgan fingerprint density at radius 3 is 2.73 bits per heavy atom. The molecule has 0 saturated heterocycles. The first kappa shape index (κ1) is 12.3. The summed E-state index contributed by atoms with van der Waals surface area (Å²) in [6.45, 7) is 6.05. The van der Waals surface area contributed by atoms with Crippen LogP contribution in [0.1, 0.15) is 20.3 Å². The van der Waals surface area contributed by atoms with Crippen LogP contribution in [0.2, 0.25) is 5.02 Å². The maximum Gasteiger partial charge on any atom is 0.0426 e. The Balaban J connectivity index is 2.49. The normalized spacial score (nSPS) is 11.5. The zero-order valence-corrected chi connectivity index (χ0v) is 10.1. The molecule has 0 aliphatic rings. The average Bonchev–Trinajstić information content (AvgIpc) is 2.15. The van der Waals surface area contributed by atoms with E-state index in [9.17, 15) is 0 Å². The third-order valence-corrected chi connectivity index (χ3v) is 2.65. The first-order valence-corrected chi connectivity index (χ1v) is 5.61. The fraction of sp³-hybridized carbons (Fsp3) is 0.500. The summed E-state index contributed by atoms with van der Waals surface area (Å²) >= 11 is 5.90. The Morgan fingerprint density at radius 2 is 2.13 bits per heavy atom. The molecule has 0 aliphatic carbocycles. The lowest BCUT2D eigenvalue weighted by atomic mass is 9.89. The quantitative estimate of drug-likeness (QED) is 0.810. The van der Waals surface area contributed by atoms with Crippen molar-refractivity contribution >= 4 is 17.3 Å². The highest BCUT2D eigenvalue weighted by Gasteiger charge is 2.15. The lowest BCUT2D eigenvalue weighted by Gasteiger charge is -2.24. The van der Waals surface area contributed by atoms with E-state index in [0.717, 1.165) is 30.2 Å². The second-order valence-corrected chi connectivity index (χ2v) is 5.00. The number of nitrogens with two attached hydrogens (primary N) is 1. The smallest absolute Gasteiger partial charge is 0.0426 e. The van der Waals surface area contributed by atoms with Gasteiger partial charge in [-0.3, -0.25) is 0 Å². The molecule has 0 bridgehead atoms. The summed E-state index contributed by atoms with van der Waals surface area (Å²) in [6, 6.07) is 7.77. The van der Waals surface area contributed by atoms with Gasteiger partial charge in [0.15, 0.2) is 0 Å². The van der Waals surface area contributed by atoms with E-state index in [1.807, 2.05) is 24.3 Å². The van der Waals surface area contributed by atoms with Crippen LogP contribution in [0.25, 0.3) is 0 Å². The second kappa shape index (κ2) is 5.38. The first-order chi connectivity index (χ1) is 7.03. The molecule has 1 aromatic rings. The van der Waals surface area contributed by atoms with Gasteiger partial charge in [0.1, 0.15) is 0 Å². The Labute approximate surface area is 96.8 Å². The highest BCUT2D eigenvalue weighted by Crippen LogP contribution is 2.21. The van der Waals surface area contributed by atoms with Gasteiger partial charge in [0.05, 0.1) is 0 Å². The number of hydrogen-bond acceptors (Lipinski definition) is 2. The summed E-state index contributed by atoms with van der Waals surface area (Å²) < 4.78 is 0. The predicted molar refractivity (Wildman–Crippen MR) is 67.4 cm³/mol. The van der Waals surface area contributed by atoms with E-state index in [4.69, 9.17) is 17.3 Å². The monoisotopic (exact) mass is 226 g/mol. The molecule has 0 aliphatic heterocycles. The summed E-state index contributed by atoms with van der Waals surface area (Å²) in [5.74, 6) is 0. The first-order valence-electron chi connectivity index (χ1n) is 5.23. The summed E-state index contributed by atoms with van der Waals surface area (Å²) in [6.07, 6.45) is 1.01. The molecule has 84 valence electrons. The van der Waals surface area contributed by atoms with Crippen LogP contribution in [0.4, 0.5) is 5.69 Å². The van der Waals surface area contributed by atoms with Crippen LogP contribution in [-0.2, 0) is 0 Å². The Kier molecular flexibility index (Phi) is 4.43. The minimum absolute atomic E-state index is 0.219. The van der Waals surface area contributed by atoms with Crippen molar-refractivity contribution in [1.82, 2.24) is 0 Å². The number of benzene rings is 1.